The Morgan fingerprint density at radius 3 is 2.14 bits per heavy atom. The van der Waals surface area contributed by atoms with Crippen molar-refractivity contribution in [3.63, 3.8) is 0 Å². The smallest absolute Gasteiger partial charge is 0.241 e. The van der Waals surface area contributed by atoms with Crippen LogP contribution in [0.5, 0.6) is 0 Å². The summed E-state index contributed by atoms with van der Waals surface area (Å²) in [4.78, 5) is 0. The summed E-state index contributed by atoms with van der Waals surface area (Å²) >= 11 is 0. The highest BCUT2D eigenvalue weighted by molar-refractivity contribution is 6.74. The summed E-state index contributed by atoms with van der Waals surface area (Å²) < 4.78 is 13.1. The van der Waals surface area contributed by atoms with E-state index in [4.69, 9.17) is 8.85 Å². The molecule has 0 unspecified atom stereocenters. The Bertz CT molecular complexity index is 439. The molecule has 1 rings (SSSR count). The molecule has 0 radical (unpaired) electrons. The fourth-order valence-corrected chi connectivity index (χ4v) is 4.99. The van der Waals surface area contributed by atoms with Crippen molar-refractivity contribution < 1.29 is 8.85 Å². The Kier molecular flexibility index (Phi) is 5.97. The first kappa shape index (κ1) is 19.7. The highest BCUT2D eigenvalue weighted by Gasteiger charge is 2.43. The highest BCUT2D eigenvalue weighted by Crippen LogP contribution is 2.44. The lowest BCUT2D eigenvalue weighted by molar-refractivity contribution is 0.142. The third-order valence-electron chi connectivity index (χ3n) is 4.93. The van der Waals surface area contributed by atoms with Gasteiger partial charge in [0, 0.05) is 12.3 Å². The predicted octanol–water partition coefficient (Wildman–Crippen LogP) is 6.10. The summed E-state index contributed by atoms with van der Waals surface area (Å²) in [6.07, 6.45) is 4.18. The van der Waals surface area contributed by atoms with E-state index < -0.39 is 16.6 Å². The number of rotatable bonds is 6. The molecule has 0 saturated carbocycles. The van der Waals surface area contributed by atoms with E-state index in [1.165, 1.54) is 11.3 Å². The molecule has 0 aromatic carbocycles. The van der Waals surface area contributed by atoms with Gasteiger partial charge in [-0.2, -0.15) is 0 Å². The maximum atomic E-state index is 6.73. The molecule has 0 fully saturated rings. The summed E-state index contributed by atoms with van der Waals surface area (Å²) in [6.45, 7) is 24.5. The average molecular weight is 341 g/mol. The number of allylic oxidation sites excluding steroid dienone is 1. The Balaban J connectivity index is 2.96. The van der Waals surface area contributed by atoms with Crippen molar-refractivity contribution in [1.29, 1.82) is 0 Å². The van der Waals surface area contributed by atoms with Crippen molar-refractivity contribution in [3.05, 3.63) is 24.0 Å². The van der Waals surface area contributed by atoms with Crippen LogP contribution in [0.15, 0.2) is 24.0 Å². The molecule has 0 N–H and O–H groups in total. The molecule has 0 aromatic heterocycles. The molecule has 0 bridgehead atoms. The molecular formula is C18H36O2Si2. The molecule has 2 atom stereocenters. The lowest BCUT2D eigenvalue weighted by Gasteiger charge is -2.40. The standard InChI is InChI=1S/C18H36O2Si2/c1-11-12-15-14(2)16(19-21(6,7)8)13-17(15)20-22(9,10)18(3,4)5/h11,15,17H,1,12-13H2,2-10H3/t15-,17-/m0/s1. The third kappa shape index (κ3) is 4.83. The van der Waals surface area contributed by atoms with Crippen LogP contribution in [-0.2, 0) is 8.85 Å². The van der Waals surface area contributed by atoms with Gasteiger partial charge in [-0.05, 0) is 56.7 Å². The van der Waals surface area contributed by atoms with Gasteiger partial charge in [0.2, 0.25) is 8.32 Å². The zero-order chi connectivity index (χ0) is 17.3. The first-order valence-corrected chi connectivity index (χ1v) is 14.8. The quantitative estimate of drug-likeness (QED) is 0.430. The van der Waals surface area contributed by atoms with E-state index in [9.17, 15) is 0 Å². The van der Waals surface area contributed by atoms with Crippen LogP contribution in [-0.4, -0.2) is 22.7 Å². The van der Waals surface area contributed by atoms with Crippen molar-refractivity contribution in [2.75, 3.05) is 0 Å². The van der Waals surface area contributed by atoms with Crippen LogP contribution in [0.3, 0.4) is 0 Å². The van der Waals surface area contributed by atoms with Crippen molar-refractivity contribution >= 4 is 16.6 Å². The summed E-state index contributed by atoms with van der Waals surface area (Å²) in [5.74, 6) is 1.62. The van der Waals surface area contributed by atoms with Crippen molar-refractivity contribution in [1.82, 2.24) is 0 Å². The summed E-state index contributed by atoms with van der Waals surface area (Å²) in [5.41, 5.74) is 1.38. The average Bonchev–Trinajstić information content (AvgIpc) is 2.54. The zero-order valence-electron chi connectivity index (χ0n) is 16.2. The van der Waals surface area contributed by atoms with Gasteiger partial charge in [-0.3, -0.25) is 0 Å². The first-order valence-electron chi connectivity index (χ1n) is 8.46. The van der Waals surface area contributed by atoms with E-state index in [1.54, 1.807) is 0 Å². The molecular weight excluding hydrogens is 304 g/mol. The van der Waals surface area contributed by atoms with Gasteiger partial charge in [0.05, 0.1) is 11.9 Å². The monoisotopic (exact) mass is 340 g/mol. The van der Waals surface area contributed by atoms with Crippen LogP contribution in [0.2, 0.25) is 37.8 Å². The lowest BCUT2D eigenvalue weighted by Crippen LogP contribution is -2.45. The molecule has 2 nitrogen and oxygen atoms in total. The maximum absolute atomic E-state index is 6.73. The van der Waals surface area contributed by atoms with Gasteiger partial charge in [-0.15, -0.1) is 6.58 Å². The van der Waals surface area contributed by atoms with Gasteiger partial charge in [-0.1, -0.05) is 26.8 Å². The summed E-state index contributed by atoms with van der Waals surface area (Å²) in [5, 5.41) is 0.238. The van der Waals surface area contributed by atoms with Gasteiger partial charge >= 0.3 is 0 Å². The molecule has 0 saturated heterocycles. The molecule has 0 aromatic rings. The van der Waals surface area contributed by atoms with Crippen LogP contribution < -0.4 is 0 Å². The van der Waals surface area contributed by atoms with Crippen LogP contribution in [0.1, 0.15) is 40.5 Å². The summed E-state index contributed by atoms with van der Waals surface area (Å²) in [7, 11) is -3.33. The van der Waals surface area contributed by atoms with E-state index in [0.717, 1.165) is 12.8 Å². The number of hydrogen-bond acceptors (Lipinski definition) is 2. The fourth-order valence-electron chi connectivity index (χ4n) is 2.65. The highest BCUT2D eigenvalue weighted by atomic mass is 28.4. The van der Waals surface area contributed by atoms with Gasteiger partial charge in [0.25, 0.3) is 0 Å². The molecule has 128 valence electrons. The van der Waals surface area contributed by atoms with Gasteiger partial charge in [0.1, 0.15) is 0 Å². The van der Waals surface area contributed by atoms with E-state index in [-0.39, 0.29) is 11.1 Å². The van der Waals surface area contributed by atoms with Crippen molar-refractivity contribution in [2.45, 2.75) is 84.4 Å². The van der Waals surface area contributed by atoms with Crippen molar-refractivity contribution in [3.8, 4) is 0 Å². The fraction of sp³-hybridized carbons (Fsp3) is 0.778. The second-order valence-electron chi connectivity index (χ2n) is 9.07. The van der Waals surface area contributed by atoms with Crippen LogP contribution in [0.4, 0.5) is 0 Å². The first-order chi connectivity index (χ1) is 9.78. The Morgan fingerprint density at radius 2 is 1.73 bits per heavy atom. The molecule has 0 aliphatic heterocycles. The minimum absolute atomic E-state index is 0.238. The normalized spacial score (nSPS) is 23.9. The minimum atomic E-state index is -1.76. The summed E-state index contributed by atoms with van der Waals surface area (Å²) in [6, 6.07) is 0. The maximum Gasteiger partial charge on any atom is 0.241 e. The molecule has 0 amide bonds. The second-order valence-corrected chi connectivity index (χ2v) is 18.3. The largest absolute Gasteiger partial charge is 0.547 e. The molecule has 1 aliphatic carbocycles. The van der Waals surface area contributed by atoms with E-state index in [0.29, 0.717) is 5.92 Å². The Hall–Kier alpha value is -0.326. The van der Waals surface area contributed by atoms with Crippen LogP contribution >= 0.6 is 0 Å². The van der Waals surface area contributed by atoms with E-state index in [1.807, 2.05) is 6.08 Å². The second kappa shape index (κ2) is 6.66. The van der Waals surface area contributed by atoms with E-state index in [2.05, 4.69) is 67.0 Å². The van der Waals surface area contributed by atoms with Crippen molar-refractivity contribution in [2.24, 2.45) is 5.92 Å². The lowest BCUT2D eigenvalue weighted by atomic mass is 9.97. The predicted molar refractivity (Wildman–Crippen MR) is 102 cm³/mol. The van der Waals surface area contributed by atoms with Gasteiger partial charge in [0.15, 0.2) is 8.32 Å². The molecule has 22 heavy (non-hydrogen) atoms. The van der Waals surface area contributed by atoms with E-state index >= 15 is 0 Å². The minimum Gasteiger partial charge on any atom is -0.547 e. The molecule has 4 heteroatoms. The van der Waals surface area contributed by atoms with Crippen LogP contribution in [0, 0.1) is 5.92 Å². The Labute approximate surface area is 140 Å². The topological polar surface area (TPSA) is 18.5 Å². The van der Waals surface area contributed by atoms with Gasteiger partial charge < -0.3 is 8.85 Å². The third-order valence-corrected chi connectivity index (χ3v) is 10.3. The van der Waals surface area contributed by atoms with Crippen LogP contribution in [0.25, 0.3) is 0 Å². The van der Waals surface area contributed by atoms with Gasteiger partial charge in [-0.25, -0.2) is 0 Å². The molecule has 0 heterocycles. The number of hydrogen-bond donors (Lipinski definition) is 0. The zero-order valence-corrected chi connectivity index (χ0v) is 18.2. The Morgan fingerprint density at radius 1 is 1.18 bits per heavy atom. The molecule has 1 aliphatic rings. The SMILES string of the molecule is C=CC[C@H]1C(C)=C(O[Si](C)(C)C)C[C@@H]1O[Si](C)(C)C(C)(C)C. The molecule has 0 spiro atoms.